The minimum absolute atomic E-state index is 0.119. The van der Waals surface area contributed by atoms with Gasteiger partial charge in [-0.25, -0.2) is 4.99 Å². The molecule has 6 heteroatoms. The molecule has 0 fully saturated rings. The predicted molar refractivity (Wildman–Crippen MR) is 79.9 cm³/mol. The molecule has 2 aromatic rings. The first kappa shape index (κ1) is 13.4. The molecule has 0 aliphatic carbocycles. The Hall–Kier alpha value is -2.63. The number of aromatic nitrogens is 2. The molecule has 0 bridgehead atoms. The van der Waals surface area contributed by atoms with Crippen LogP contribution < -0.4 is 10.3 Å². The van der Waals surface area contributed by atoms with Crippen LogP contribution in [-0.2, 0) is 20.1 Å². The highest BCUT2D eigenvalue weighted by Gasteiger charge is 2.20. The molecule has 6 nitrogen and oxygen atoms in total. The SMILES string of the molecule is COc1nc2c(c(=O)n1C)CN(Cc1ccccc1)C=N2. The Morgan fingerprint density at radius 1 is 1.29 bits per heavy atom. The van der Waals surface area contributed by atoms with Crippen molar-refractivity contribution in [2.24, 2.45) is 12.0 Å². The van der Waals surface area contributed by atoms with E-state index in [-0.39, 0.29) is 11.6 Å². The summed E-state index contributed by atoms with van der Waals surface area (Å²) < 4.78 is 6.48. The molecule has 1 aliphatic heterocycles. The highest BCUT2D eigenvalue weighted by atomic mass is 16.5. The van der Waals surface area contributed by atoms with Gasteiger partial charge in [0.05, 0.1) is 25.6 Å². The normalized spacial score (nSPS) is 13.1. The number of nitrogens with zero attached hydrogens (tertiary/aromatic N) is 4. The van der Waals surface area contributed by atoms with E-state index >= 15 is 0 Å². The highest BCUT2D eigenvalue weighted by Crippen LogP contribution is 2.22. The molecule has 1 aromatic carbocycles. The third-order valence-electron chi connectivity index (χ3n) is 3.44. The molecule has 0 saturated heterocycles. The quantitative estimate of drug-likeness (QED) is 0.856. The first-order chi connectivity index (χ1) is 10.2. The summed E-state index contributed by atoms with van der Waals surface area (Å²) in [6.45, 7) is 1.20. The fourth-order valence-corrected chi connectivity index (χ4v) is 2.34. The lowest BCUT2D eigenvalue weighted by Gasteiger charge is -2.24. The van der Waals surface area contributed by atoms with Crippen molar-refractivity contribution in [1.82, 2.24) is 14.5 Å². The summed E-state index contributed by atoms with van der Waals surface area (Å²) in [7, 11) is 3.14. The Balaban J connectivity index is 1.90. The van der Waals surface area contributed by atoms with Crippen LogP contribution in [0.15, 0.2) is 40.1 Å². The summed E-state index contributed by atoms with van der Waals surface area (Å²) in [6, 6.07) is 10.3. The lowest BCUT2D eigenvalue weighted by atomic mass is 10.2. The Labute approximate surface area is 122 Å². The zero-order valence-electron chi connectivity index (χ0n) is 12.0. The fourth-order valence-electron chi connectivity index (χ4n) is 2.34. The lowest BCUT2D eigenvalue weighted by Crippen LogP contribution is -2.32. The van der Waals surface area contributed by atoms with E-state index in [0.29, 0.717) is 24.5 Å². The van der Waals surface area contributed by atoms with Crippen molar-refractivity contribution in [3.8, 4) is 6.01 Å². The number of benzene rings is 1. The van der Waals surface area contributed by atoms with Crippen molar-refractivity contribution in [2.75, 3.05) is 7.11 Å². The minimum atomic E-state index is -0.119. The van der Waals surface area contributed by atoms with E-state index in [1.807, 2.05) is 35.2 Å². The van der Waals surface area contributed by atoms with Crippen LogP contribution in [0.3, 0.4) is 0 Å². The van der Waals surface area contributed by atoms with E-state index < -0.39 is 0 Å². The first-order valence-corrected chi connectivity index (χ1v) is 6.65. The number of hydrogen-bond acceptors (Lipinski definition) is 5. The minimum Gasteiger partial charge on any atom is -0.468 e. The largest absolute Gasteiger partial charge is 0.468 e. The number of rotatable bonds is 3. The fraction of sp³-hybridized carbons (Fsp3) is 0.267. The van der Waals surface area contributed by atoms with Gasteiger partial charge in [-0.1, -0.05) is 30.3 Å². The van der Waals surface area contributed by atoms with Gasteiger partial charge in [-0.3, -0.25) is 9.36 Å². The van der Waals surface area contributed by atoms with E-state index in [2.05, 4.69) is 9.98 Å². The number of methoxy groups -OCH3 is 1. The van der Waals surface area contributed by atoms with Gasteiger partial charge in [-0.15, -0.1) is 0 Å². The van der Waals surface area contributed by atoms with Crippen molar-refractivity contribution in [2.45, 2.75) is 13.1 Å². The van der Waals surface area contributed by atoms with Crippen LogP contribution in [0.4, 0.5) is 5.82 Å². The maximum Gasteiger partial charge on any atom is 0.300 e. The second kappa shape index (κ2) is 5.40. The molecular weight excluding hydrogens is 268 g/mol. The molecule has 0 unspecified atom stereocenters. The van der Waals surface area contributed by atoms with Crippen LogP contribution in [-0.4, -0.2) is 27.9 Å². The van der Waals surface area contributed by atoms with Gasteiger partial charge in [0.25, 0.3) is 5.56 Å². The van der Waals surface area contributed by atoms with Crippen molar-refractivity contribution < 1.29 is 4.74 Å². The number of ether oxygens (including phenoxy) is 1. The van der Waals surface area contributed by atoms with Gasteiger partial charge >= 0.3 is 6.01 Å². The smallest absolute Gasteiger partial charge is 0.300 e. The monoisotopic (exact) mass is 284 g/mol. The highest BCUT2D eigenvalue weighted by molar-refractivity contribution is 5.64. The number of aliphatic imine (C=N–C) groups is 1. The lowest BCUT2D eigenvalue weighted by molar-refractivity contribution is 0.351. The number of hydrogen-bond donors (Lipinski definition) is 0. The van der Waals surface area contributed by atoms with Gasteiger partial charge in [0, 0.05) is 13.6 Å². The van der Waals surface area contributed by atoms with Crippen LogP contribution in [0, 0.1) is 0 Å². The Morgan fingerprint density at radius 3 is 2.76 bits per heavy atom. The van der Waals surface area contributed by atoms with Gasteiger partial charge < -0.3 is 9.64 Å². The molecule has 21 heavy (non-hydrogen) atoms. The topological polar surface area (TPSA) is 59.7 Å². The molecule has 1 aromatic heterocycles. The summed E-state index contributed by atoms with van der Waals surface area (Å²) in [5.74, 6) is 0.444. The Bertz CT molecular complexity index is 737. The van der Waals surface area contributed by atoms with Gasteiger partial charge in [0.15, 0.2) is 5.82 Å². The number of fused-ring (bicyclic) bond motifs is 1. The average molecular weight is 284 g/mol. The maximum atomic E-state index is 12.3. The molecule has 108 valence electrons. The molecule has 0 radical (unpaired) electrons. The van der Waals surface area contributed by atoms with Gasteiger partial charge in [-0.05, 0) is 5.56 Å². The molecule has 0 spiro atoms. The van der Waals surface area contributed by atoms with Crippen molar-refractivity contribution >= 4 is 12.2 Å². The van der Waals surface area contributed by atoms with Gasteiger partial charge in [0.1, 0.15) is 0 Å². The molecule has 2 heterocycles. The van der Waals surface area contributed by atoms with Gasteiger partial charge in [0.2, 0.25) is 0 Å². The summed E-state index contributed by atoms with van der Waals surface area (Å²) >= 11 is 0. The summed E-state index contributed by atoms with van der Waals surface area (Å²) in [4.78, 5) is 22.9. The third-order valence-corrected chi connectivity index (χ3v) is 3.44. The van der Waals surface area contributed by atoms with Crippen LogP contribution >= 0.6 is 0 Å². The predicted octanol–water partition coefficient (Wildman–Crippen LogP) is 1.46. The molecule has 3 rings (SSSR count). The van der Waals surface area contributed by atoms with Crippen molar-refractivity contribution in [3.63, 3.8) is 0 Å². The summed E-state index contributed by atoms with van der Waals surface area (Å²) in [6.07, 6.45) is 1.72. The first-order valence-electron chi connectivity index (χ1n) is 6.65. The summed E-state index contributed by atoms with van der Waals surface area (Å²) in [5, 5.41) is 0. The van der Waals surface area contributed by atoms with Crippen LogP contribution in [0.1, 0.15) is 11.1 Å². The van der Waals surface area contributed by atoms with Gasteiger partial charge in [-0.2, -0.15) is 4.98 Å². The Kier molecular flexibility index (Phi) is 3.43. The maximum absolute atomic E-state index is 12.3. The van der Waals surface area contributed by atoms with Crippen LogP contribution in [0.2, 0.25) is 0 Å². The van der Waals surface area contributed by atoms with E-state index in [1.165, 1.54) is 17.2 Å². The standard InChI is InChI=1S/C15H16N4O2/c1-18-14(20)12-9-19(8-11-6-4-3-5-7-11)10-16-13(12)17-15(18)21-2/h3-7,10H,8-9H2,1-2H3. The molecule has 0 amide bonds. The third kappa shape index (κ3) is 2.52. The van der Waals surface area contributed by atoms with E-state index in [0.717, 1.165) is 0 Å². The zero-order valence-corrected chi connectivity index (χ0v) is 12.0. The van der Waals surface area contributed by atoms with Crippen molar-refractivity contribution in [1.29, 1.82) is 0 Å². The second-order valence-corrected chi connectivity index (χ2v) is 4.90. The van der Waals surface area contributed by atoms with Crippen LogP contribution in [0.25, 0.3) is 0 Å². The Morgan fingerprint density at radius 2 is 2.05 bits per heavy atom. The average Bonchev–Trinajstić information content (AvgIpc) is 2.52. The molecular formula is C15H16N4O2. The van der Waals surface area contributed by atoms with E-state index in [4.69, 9.17) is 4.74 Å². The van der Waals surface area contributed by atoms with E-state index in [9.17, 15) is 4.79 Å². The second-order valence-electron chi connectivity index (χ2n) is 4.90. The van der Waals surface area contributed by atoms with Crippen LogP contribution in [0.5, 0.6) is 6.01 Å². The molecule has 0 atom stereocenters. The molecule has 1 aliphatic rings. The summed E-state index contributed by atoms with van der Waals surface area (Å²) in [5.41, 5.74) is 1.65. The zero-order chi connectivity index (χ0) is 14.8. The van der Waals surface area contributed by atoms with E-state index in [1.54, 1.807) is 13.4 Å². The van der Waals surface area contributed by atoms with Crippen molar-refractivity contribution in [3.05, 3.63) is 51.8 Å². The molecule has 0 N–H and O–H groups in total. The molecule has 0 saturated carbocycles.